The molecule has 0 N–H and O–H groups in total. The fourth-order valence-corrected chi connectivity index (χ4v) is 2.49. The van der Waals surface area contributed by atoms with Crippen LogP contribution >= 0.6 is 31.9 Å². The molecule has 92 valence electrons. The molecule has 2 aromatic rings. The minimum atomic E-state index is -0.319. The van der Waals surface area contributed by atoms with Crippen molar-refractivity contribution in [3.63, 3.8) is 0 Å². The van der Waals surface area contributed by atoms with Crippen LogP contribution in [0.25, 0.3) is 0 Å². The molecule has 0 heterocycles. The smallest absolute Gasteiger partial charge is 0.167 e. The van der Waals surface area contributed by atoms with E-state index in [1.54, 1.807) is 18.2 Å². The van der Waals surface area contributed by atoms with Gasteiger partial charge in [0.25, 0.3) is 0 Å². The van der Waals surface area contributed by atoms with Gasteiger partial charge in [-0.3, -0.25) is 4.79 Å². The van der Waals surface area contributed by atoms with Crippen LogP contribution in [0.1, 0.15) is 15.9 Å². The number of carbonyl (C=O) groups excluding carboxylic acids is 1. The molecule has 0 amide bonds. The van der Waals surface area contributed by atoms with E-state index in [9.17, 15) is 9.18 Å². The molecule has 0 aromatic heterocycles. The average molecular weight is 372 g/mol. The summed E-state index contributed by atoms with van der Waals surface area (Å²) in [4.78, 5) is 12.1. The second-order valence-corrected chi connectivity index (χ2v) is 5.62. The molecular formula is C14H9Br2FO. The van der Waals surface area contributed by atoms with Crippen LogP contribution in [0.5, 0.6) is 0 Å². The second-order valence-electron chi connectivity index (χ2n) is 3.85. The van der Waals surface area contributed by atoms with Gasteiger partial charge in [0.1, 0.15) is 5.82 Å². The van der Waals surface area contributed by atoms with Crippen molar-refractivity contribution in [1.29, 1.82) is 0 Å². The normalized spacial score (nSPS) is 10.4. The van der Waals surface area contributed by atoms with Gasteiger partial charge in [0.2, 0.25) is 0 Å². The van der Waals surface area contributed by atoms with E-state index in [0.717, 1.165) is 10.0 Å². The number of halogens is 3. The molecule has 0 fully saturated rings. The van der Waals surface area contributed by atoms with E-state index in [0.29, 0.717) is 10.0 Å². The lowest BCUT2D eigenvalue weighted by atomic mass is 10.0. The first-order valence-electron chi connectivity index (χ1n) is 5.29. The Morgan fingerprint density at radius 3 is 2.56 bits per heavy atom. The number of hydrogen-bond acceptors (Lipinski definition) is 1. The molecule has 0 aliphatic rings. The Morgan fingerprint density at radius 2 is 1.89 bits per heavy atom. The predicted octanol–water partition coefficient (Wildman–Crippen LogP) is 4.78. The molecule has 0 bridgehead atoms. The molecule has 0 saturated heterocycles. The van der Waals surface area contributed by atoms with Crippen LogP contribution in [0.4, 0.5) is 4.39 Å². The molecule has 0 saturated carbocycles. The van der Waals surface area contributed by atoms with Gasteiger partial charge in [-0.05, 0) is 29.8 Å². The molecule has 2 rings (SSSR count). The monoisotopic (exact) mass is 370 g/mol. The molecule has 0 radical (unpaired) electrons. The highest BCUT2D eigenvalue weighted by Crippen LogP contribution is 2.20. The SMILES string of the molecule is O=C(Cc1ccc(F)cc1Br)c1cccc(Br)c1. The van der Waals surface area contributed by atoms with Gasteiger partial charge in [0.15, 0.2) is 5.78 Å². The summed E-state index contributed by atoms with van der Waals surface area (Å²) in [6.07, 6.45) is 0.247. The summed E-state index contributed by atoms with van der Waals surface area (Å²) in [5, 5.41) is 0. The lowest BCUT2D eigenvalue weighted by molar-refractivity contribution is 0.0992. The van der Waals surface area contributed by atoms with Crippen molar-refractivity contribution in [3.05, 3.63) is 68.4 Å². The first-order valence-corrected chi connectivity index (χ1v) is 6.87. The van der Waals surface area contributed by atoms with Crippen LogP contribution in [0, 0.1) is 5.82 Å². The maximum atomic E-state index is 12.9. The van der Waals surface area contributed by atoms with E-state index < -0.39 is 0 Å². The van der Waals surface area contributed by atoms with E-state index in [2.05, 4.69) is 31.9 Å². The third-order valence-corrected chi connectivity index (χ3v) is 3.74. The highest BCUT2D eigenvalue weighted by molar-refractivity contribution is 9.10. The third kappa shape index (κ3) is 3.27. The maximum Gasteiger partial charge on any atom is 0.167 e. The minimum Gasteiger partial charge on any atom is -0.294 e. The molecule has 0 unspecified atom stereocenters. The van der Waals surface area contributed by atoms with E-state index in [4.69, 9.17) is 0 Å². The van der Waals surface area contributed by atoms with E-state index in [1.807, 2.05) is 12.1 Å². The van der Waals surface area contributed by atoms with Crippen molar-refractivity contribution >= 4 is 37.6 Å². The Morgan fingerprint density at radius 1 is 1.11 bits per heavy atom. The van der Waals surface area contributed by atoms with Gasteiger partial charge >= 0.3 is 0 Å². The number of carbonyl (C=O) groups is 1. The van der Waals surface area contributed by atoms with Gasteiger partial charge in [-0.25, -0.2) is 4.39 Å². The Kier molecular flexibility index (Phi) is 4.30. The molecule has 4 heteroatoms. The quantitative estimate of drug-likeness (QED) is 0.710. The molecular weight excluding hydrogens is 363 g/mol. The largest absolute Gasteiger partial charge is 0.294 e. The van der Waals surface area contributed by atoms with Crippen molar-refractivity contribution in [2.75, 3.05) is 0 Å². The van der Waals surface area contributed by atoms with Gasteiger partial charge in [0, 0.05) is 20.9 Å². The number of Topliss-reactive ketones (excluding diaryl/α,β-unsaturated/α-hetero) is 1. The molecule has 1 nitrogen and oxygen atoms in total. The summed E-state index contributed by atoms with van der Waals surface area (Å²) >= 11 is 6.59. The van der Waals surface area contributed by atoms with Crippen LogP contribution in [0.15, 0.2) is 51.4 Å². The highest BCUT2D eigenvalue weighted by Gasteiger charge is 2.10. The van der Waals surface area contributed by atoms with Crippen LogP contribution in [-0.2, 0) is 6.42 Å². The molecule has 0 aliphatic heterocycles. The fraction of sp³-hybridized carbons (Fsp3) is 0.0714. The summed E-state index contributed by atoms with van der Waals surface area (Å²) in [6.45, 7) is 0. The predicted molar refractivity (Wildman–Crippen MR) is 76.3 cm³/mol. The summed E-state index contributed by atoms with van der Waals surface area (Å²) < 4.78 is 14.4. The third-order valence-electron chi connectivity index (χ3n) is 2.51. The second kappa shape index (κ2) is 5.76. The van der Waals surface area contributed by atoms with E-state index >= 15 is 0 Å². The molecule has 2 aromatic carbocycles. The summed E-state index contributed by atoms with van der Waals surface area (Å²) in [6, 6.07) is 11.6. The lowest BCUT2D eigenvalue weighted by Gasteiger charge is -2.04. The van der Waals surface area contributed by atoms with Crippen molar-refractivity contribution < 1.29 is 9.18 Å². The van der Waals surface area contributed by atoms with Crippen molar-refractivity contribution in [2.24, 2.45) is 0 Å². The zero-order chi connectivity index (χ0) is 13.1. The van der Waals surface area contributed by atoms with Gasteiger partial charge in [-0.15, -0.1) is 0 Å². The van der Waals surface area contributed by atoms with Crippen molar-refractivity contribution in [3.8, 4) is 0 Å². The fourth-order valence-electron chi connectivity index (χ4n) is 1.60. The van der Waals surface area contributed by atoms with Crippen molar-refractivity contribution in [2.45, 2.75) is 6.42 Å². The van der Waals surface area contributed by atoms with Gasteiger partial charge in [-0.2, -0.15) is 0 Å². The van der Waals surface area contributed by atoms with E-state index in [-0.39, 0.29) is 18.0 Å². The first-order chi connectivity index (χ1) is 8.56. The van der Waals surface area contributed by atoms with Crippen LogP contribution in [0.3, 0.4) is 0 Å². The zero-order valence-electron chi connectivity index (χ0n) is 9.29. The van der Waals surface area contributed by atoms with Crippen LogP contribution in [0.2, 0.25) is 0 Å². The van der Waals surface area contributed by atoms with E-state index in [1.165, 1.54) is 12.1 Å². The van der Waals surface area contributed by atoms with Gasteiger partial charge in [-0.1, -0.05) is 50.1 Å². The van der Waals surface area contributed by atoms with Crippen LogP contribution < -0.4 is 0 Å². The van der Waals surface area contributed by atoms with Gasteiger partial charge in [0.05, 0.1) is 0 Å². The molecule has 0 aliphatic carbocycles. The molecule has 0 spiro atoms. The van der Waals surface area contributed by atoms with Crippen molar-refractivity contribution in [1.82, 2.24) is 0 Å². The van der Waals surface area contributed by atoms with Gasteiger partial charge < -0.3 is 0 Å². The Hall–Kier alpha value is -1.00. The number of hydrogen-bond donors (Lipinski definition) is 0. The Labute approximate surface area is 121 Å². The highest BCUT2D eigenvalue weighted by atomic mass is 79.9. The number of benzene rings is 2. The molecule has 0 atom stereocenters. The maximum absolute atomic E-state index is 12.9. The Balaban J connectivity index is 2.21. The molecule has 18 heavy (non-hydrogen) atoms. The topological polar surface area (TPSA) is 17.1 Å². The summed E-state index contributed by atoms with van der Waals surface area (Å²) in [5.74, 6) is -0.316. The Bertz CT molecular complexity index is 596. The van der Waals surface area contributed by atoms with Crippen LogP contribution in [-0.4, -0.2) is 5.78 Å². The summed E-state index contributed by atoms with van der Waals surface area (Å²) in [7, 11) is 0. The standard InChI is InChI=1S/C14H9Br2FO/c15-11-3-1-2-10(6-11)14(18)7-9-4-5-12(17)8-13(9)16/h1-6,8H,7H2. The first kappa shape index (κ1) is 13.4. The summed E-state index contributed by atoms with van der Waals surface area (Å²) in [5.41, 5.74) is 1.42. The lowest BCUT2D eigenvalue weighted by Crippen LogP contribution is -2.04. The zero-order valence-corrected chi connectivity index (χ0v) is 12.5. The number of ketones is 1. The number of rotatable bonds is 3. The minimum absolute atomic E-state index is 0.00334. The average Bonchev–Trinajstić information content (AvgIpc) is 2.32.